The number of hydrogen-bond donors (Lipinski definition) is 0. The minimum Gasteiger partial charge on any atom is -0.0856 e. The van der Waals surface area contributed by atoms with Gasteiger partial charge in [-0.25, -0.2) is 0 Å². The topological polar surface area (TPSA) is 0 Å². The molecule has 0 aliphatic heterocycles. The molecular formula is C12H24. The van der Waals surface area contributed by atoms with E-state index in [4.69, 9.17) is 0 Å². The minimum atomic E-state index is 0.899. The summed E-state index contributed by atoms with van der Waals surface area (Å²) in [6.45, 7) is 9.10. The Kier molecular flexibility index (Phi) is 7.23. The smallest absolute Gasteiger partial charge is 0.0326 e. The second kappa shape index (κ2) is 7.39. The maximum Gasteiger partial charge on any atom is -0.0326 e. The third-order valence-electron chi connectivity index (χ3n) is 2.49. The summed E-state index contributed by atoms with van der Waals surface area (Å²) < 4.78 is 0. The molecule has 1 unspecified atom stereocenters. The Hall–Kier alpha value is -0.260. The molecule has 0 spiro atoms. The highest BCUT2D eigenvalue weighted by molar-refractivity contribution is 4.97. The zero-order chi connectivity index (χ0) is 9.40. The monoisotopic (exact) mass is 168 g/mol. The fourth-order valence-electron chi connectivity index (χ4n) is 1.31. The van der Waals surface area contributed by atoms with Crippen LogP contribution < -0.4 is 0 Å². The van der Waals surface area contributed by atoms with Crippen molar-refractivity contribution in [3.8, 4) is 0 Å². The van der Waals surface area contributed by atoms with Crippen molar-refractivity contribution in [2.45, 2.75) is 59.8 Å². The van der Waals surface area contributed by atoms with E-state index in [1.807, 2.05) is 0 Å². The van der Waals surface area contributed by atoms with Gasteiger partial charge in [-0.1, -0.05) is 45.3 Å². The Labute approximate surface area is 78.1 Å². The van der Waals surface area contributed by atoms with Crippen LogP contribution in [0.15, 0.2) is 11.6 Å². The van der Waals surface area contributed by atoms with Crippen molar-refractivity contribution in [2.24, 2.45) is 5.92 Å². The summed E-state index contributed by atoms with van der Waals surface area (Å²) in [5, 5.41) is 0. The molecule has 72 valence electrons. The van der Waals surface area contributed by atoms with Crippen molar-refractivity contribution in [1.29, 1.82) is 0 Å². The van der Waals surface area contributed by atoms with Gasteiger partial charge in [0.2, 0.25) is 0 Å². The molecule has 0 heteroatoms. The predicted molar refractivity (Wildman–Crippen MR) is 57.4 cm³/mol. The van der Waals surface area contributed by atoms with Gasteiger partial charge in [0.15, 0.2) is 0 Å². The van der Waals surface area contributed by atoms with E-state index in [1.54, 1.807) is 5.57 Å². The van der Waals surface area contributed by atoms with Crippen LogP contribution in [0.3, 0.4) is 0 Å². The van der Waals surface area contributed by atoms with E-state index in [1.165, 1.54) is 32.1 Å². The first-order valence-corrected chi connectivity index (χ1v) is 5.36. The molecule has 0 fully saturated rings. The first-order chi connectivity index (χ1) is 5.70. The van der Waals surface area contributed by atoms with Crippen molar-refractivity contribution in [1.82, 2.24) is 0 Å². The molecule has 0 N–H and O–H groups in total. The van der Waals surface area contributed by atoms with Crippen LogP contribution in [0.25, 0.3) is 0 Å². The van der Waals surface area contributed by atoms with Gasteiger partial charge in [0.1, 0.15) is 0 Å². The van der Waals surface area contributed by atoms with E-state index in [0.29, 0.717) is 0 Å². The summed E-state index contributed by atoms with van der Waals surface area (Å²) >= 11 is 0. The van der Waals surface area contributed by atoms with Crippen LogP contribution in [0.1, 0.15) is 59.8 Å². The van der Waals surface area contributed by atoms with Crippen molar-refractivity contribution in [2.75, 3.05) is 0 Å². The first kappa shape index (κ1) is 11.7. The quantitative estimate of drug-likeness (QED) is 0.510. The Morgan fingerprint density at radius 2 is 2.00 bits per heavy atom. The fraction of sp³-hybridized carbons (Fsp3) is 0.833. The lowest BCUT2D eigenvalue weighted by molar-refractivity contribution is 0.521. The van der Waals surface area contributed by atoms with E-state index in [-0.39, 0.29) is 0 Å². The van der Waals surface area contributed by atoms with Crippen molar-refractivity contribution in [3.63, 3.8) is 0 Å². The molecule has 0 saturated carbocycles. The zero-order valence-corrected chi connectivity index (χ0v) is 9.19. The maximum absolute atomic E-state index is 2.41. The Balaban J connectivity index is 3.45. The van der Waals surface area contributed by atoms with Gasteiger partial charge < -0.3 is 0 Å². The Morgan fingerprint density at radius 3 is 2.50 bits per heavy atom. The summed E-state index contributed by atoms with van der Waals surface area (Å²) in [5.74, 6) is 0.899. The third-order valence-corrected chi connectivity index (χ3v) is 2.49. The molecule has 0 amide bonds. The average Bonchev–Trinajstić information content (AvgIpc) is 2.04. The molecule has 0 nitrogen and oxygen atoms in total. The molecular weight excluding hydrogens is 144 g/mol. The second-order valence-electron chi connectivity index (χ2n) is 3.89. The molecule has 0 aliphatic carbocycles. The van der Waals surface area contributed by atoms with Gasteiger partial charge in [0.05, 0.1) is 0 Å². The Bertz CT molecular complexity index is 122. The van der Waals surface area contributed by atoms with Gasteiger partial charge in [0, 0.05) is 0 Å². The molecule has 12 heavy (non-hydrogen) atoms. The standard InChI is InChI=1S/C12H24/c1-5-8-12(4)10-7-9-11(3)6-2/h10-11H,5-9H2,1-4H3/b12-10+. The summed E-state index contributed by atoms with van der Waals surface area (Å²) in [6, 6.07) is 0. The molecule has 0 aromatic heterocycles. The summed E-state index contributed by atoms with van der Waals surface area (Å²) in [7, 11) is 0. The second-order valence-corrected chi connectivity index (χ2v) is 3.89. The minimum absolute atomic E-state index is 0.899. The van der Waals surface area contributed by atoms with Gasteiger partial charge in [-0.2, -0.15) is 0 Å². The molecule has 0 rings (SSSR count). The van der Waals surface area contributed by atoms with E-state index in [0.717, 1.165) is 5.92 Å². The fourth-order valence-corrected chi connectivity index (χ4v) is 1.31. The van der Waals surface area contributed by atoms with E-state index in [2.05, 4.69) is 33.8 Å². The Morgan fingerprint density at radius 1 is 1.33 bits per heavy atom. The third kappa shape index (κ3) is 6.45. The number of allylic oxidation sites excluding steroid dienone is 2. The number of rotatable bonds is 6. The van der Waals surface area contributed by atoms with Crippen LogP contribution in [-0.4, -0.2) is 0 Å². The van der Waals surface area contributed by atoms with E-state index >= 15 is 0 Å². The van der Waals surface area contributed by atoms with Crippen molar-refractivity contribution >= 4 is 0 Å². The molecule has 0 saturated heterocycles. The average molecular weight is 168 g/mol. The molecule has 0 heterocycles. The molecule has 0 radical (unpaired) electrons. The lowest BCUT2D eigenvalue weighted by Crippen LogP contribution is -1.90. The van der Waals surface area contributed by atoms with Crippen LogP contribution in [0.2, 0.25) is 0 Å². The predicted octanol–water partition coefficient (Wildman–Crippen LogP) is 4.56. The van der Waals surface area contributed by atoms with Crippen LogP contribution in [0.5, 0.6) is 0 Å². The van der Waals surface area contributed by atoms with Crippen LogP contribution in [0, 0.1) is 5.92 Å². The van der Waals surface area contributed by atoms with E-state index in [9.17, 15) is 0 Å². The lowest BCUT2D eigenvalue weighted by Gasteiger charge is -2.05. The van der Waals surface area contributed by atoms with Crippen LogP contribution >= 0.6 is 0 Å². The SMILES string of the molecule is CCC/C(C)=C/CCC(C)CC. The maximum atomic E-state index is 2.41. The highest BCUT2D eigenvalue weighted by atomic mass is 14.0. The summed E-state index contributed by atoms with van der Waals surface area (Å²) in [5.41, 5.74) is 1.57. The van der Waals surface area contributed by atoms with Gasteiger partial charge in [-0.15, -0.1) is 0 Å². The van der Waals surface area contributed by atoms with Crippen molar-refractivity contribution < 1.29 is 0 Å². The first-order valence-electron chi connectivity index (χ1n) is 5.36. The molecule has 0 aromatic carbocycles. The summed E-state index contributed by atoms with van der Waals surface area (Å²) in [4.78, 5) is 0. The highest BCUT2D eigenvalue weighted by Gasteiger charge is 1.96. The number of hydrogen-bond acceptors (Lipinski definition) is 0. The molecule has 0 bridgehead atoms. The van der Waals surface area contributed by atoms with Gasteiger partial charge in [-0.05, 0) is 32.1 Å². The highest BCUT2D eigenvalue weighted by Crippen LogP contribution is 2.12. The van der Waals surface area contributed by atoms with Crippen LogP contribution in [0.4, 0.5) is 0 Å². The molecule has 0 aromatic rings. The van der Waals surface area contributed by atoms with E-state index < -0.39 is 0 Å². The zero-order valence-electron chi connectivity index (χ0n) is 9.19. The van der Waals surface area contributed by atoms with Gasteiger partial charge in [-0.3, -0.25) is 0 Å². The van der Waals surface area contributed by atoms with Crippen LogP contribution in [-0.2, 0) is 0 Å². The molecule has 1 atom stereocenters. The molecule has 0 aliphatic rings. The van der Waals surface area contributed by atoms with Crippen molar-refractivity contribution in [3.05, 3.63) is 11.6 Å². The summed E-state index contributed by atoms with van der Waals surface area (Å²) in [6.07, 6.45) is 8.93. The lowest BCUT2D eigenvalue weighted by atomic mass is 10.0. The van der Waals surface area contributed by atoms with Gasteiger partial charge >= 0.3 is 0 Å². The van der Waals surface area contributed by atoms with Gasteiger partial charge in [0.25, 0.3) is 0 Å². The largest absolute Gasteiger partial charge is 0.0856 e. The normalized spacial score (nSPS) is 14.8.